The smallest absolute Gasteiger partial charge is 0.294 e. The average Bonchev–Trinajstić information content (AvgIpc) is 3.38. The Morgan fingerprint density at radius 1 is 1.00 bits per heavy atom. The van der Waals surface area contributed by atoms with Crippen molar-refractivity contribution in [3.63, 3.8) is 0 Å². The number of hydrogen-bond donors (Lipinski definition) is 1. The van der Waals surface area contributed by atoms with Gasteiger partial charge in [-0.2, -0.15) is 0 Å². The molecule has 5 rings (SSSR count). The molecule has 1 aliphatic heterocycles. The second kappa shape index (κ2) is 10.9. The number of imide groups is 1. The lowest BCUT2D eigenvalue weighted by Gasteiger charge is -2.12. The van der Waals surface area contributed by atoms with Crippen LogP contribution >= 0.6 is 11.8 Å². The predicted octanol–water partition coefficient (Wildman–Crippen LogP) is 5.67. The number of rotatable bonds is 8. The Bertz CT molecular complexity index is 1570. The number of aromatic nitrogens is 1. The van der Waals surface area contributed by atoms with Crippen molar-refractivity contribution in [1.82, 2.24) is 9.47 Å². The fourth-order valence-electron chi connectivity index (χ4n) is 4.06. The third kappa shape index (κ3) is 5.45. The van der Waals surface area contributed by atoms with Crippen LogP contribution < -0.4 is 10.1 Å². The van der Waals surface area contributed by atoms with Crippen LogP contribution in [0.15, 0.2) is 83.9 Å². The first-order valence-electron chi connectivity index (χ1n) is 11.6. The van der Waals surface area contributed by atoms with Gasteiger partial charge in [0.1, 0.15) is 30.5 Å². The van der Waals surface area contributed by atoms with Crippen LogP contribution in [0.5, 0.6) is 5.75 Å². The van der Waals surface area contributed by atoms with Crippen molar-refractivity contribution in [2.45, 2.75) is 6.54 Å². The number of thioether (sulfide) groups is 1. The van der Waals surface area contributed by atoms with E-state index in [1.807, 2.05) is 65.4 Å². The van der Waals surface area contributed by atoms with Crippen LogP contribution in [-0.4, -0.2) is 39.7 Å². The van der Waals surface area contributed by atoms with Gasteiger partial charge in [0.05, 0.1) is 17.1 Å². The van der Waals surface area contributed by atoms with E-state index in [0.717, 1.165) is 51.0 Å². The van der Waals surface area contributed by atoms with Crippen molar-refractivity contribution in [3.8, 4) is 5.75 Å². The zero-order valence-corrected chi connectivity index (χ0v) is 20.7. The topological polar surface area (TPSA) is 80.6 Å². The summed E-state index contributed by atoms with van der Waals surface area (Å²) in [6, 6.07) is 19.8. The number of carbonyl (C=O) groups excluding carboxylic acids is 3. The maximum absolute atomic E-state index is 13.9. The molecule has 0 spiro atoms. The van der Waals surface area contributed by atoms with Gasteiger partial charge in [0, 0.05) is 28.7 Å². The monoisotopic (exact) mass is 533 g/mol. The molecule has 3 amide bonds. The number of ether oxygens (including phenoxy) is 1. The predicted molar refractivity (Wildman–Crippen MR) is 142 cm³/mol. The number of fused-ring (bicyclic) bond motifs is 1. The van der Waals surface area contributed by atoms with E-state index in [9.17, 15) is 23.2 Å². The molecule has 0 bridgehead atoms. The second-order valence-corrected chi connectivity index (χ2v) is 9.39. The highest BCUT2D eigenvalue weighted by Gasteiger charge is 2.36. The number of halogens is 2. The zero-order chi connectivity index (χ0) is 26.6. The molecule has 0 aliphatic carbocycles. The third-order valence-electron chi connectivity index (χ3n) is 5.83. The molecule has 2 heterocycles. The van der Waals surface area contributed by atoms with E-state index in [1.54, 1.807) is 6.08 Å². The average molecular weight is 534 g/mol. The minimum absolute atomic E-state index is 0.166. The number of hydrogen-bond acceptors (Lipinski definition) is 5. The van der Waals surface area contributed by atoms with Crippen LogP contribution in [0.2, 0.25) is 0 Å². The summed E-state index contributed by atoms with van der Waals surface area (Å²) >= 11 is 0.724. The van der Waals surface area contributed by atoms with Crippen LogP contribution in [0.1, 0.15) is 5.56 Å². The van der Waals surface area contributed by atoms with E-state index in [4.69, 9.17) is 4.74 Å². The normalized spacial score (nSPS) is 14.5. The molecule has 1 saturated heterocycles. The summed E-state index contributed by atoms with van der Waals surface area (Å²) < 4.78 is 34.8. The minimum atomic E-state index is -0.960. The molecule has 4 aromatic rings. The van der Waals surface area contributed by atoms with Gasteiger partial charge in [-0.3, -0.25) is 19.3 Å². The Kier molecular flexibility index (Phi) is 7.23. The number of amides is 3. The largest absolute Gasteiger partial charge is 0.492 e. The summed E-state index contributed by atoms with van der Waals surface area (Å²) in [6.07, 6.45) is 3.51. The molecule has 1 N–H and O–H groups in total. The van der Waals surface area contributed by atoms with Gasteiger partial charge in [-0.25, -0.2) is 8.78 Å². The van der Waals surface area contributed by atoms with Gasteiger partial charge >= 0.3 is 0 Å². The zero-order valence-electron chi connectivity index (χ0n) is 19.9. The summed E-state index contributed by atoms with van der Waals surface area (Å²) in [7, 11) is 0. The quantitative estimate of drug-likeness (QED) is 0.295. The maximum atomic E-state index is 13.9. The van der Waals surface area contributed by atoms with E-state index >= 15 is 0 Å². The summed E-state index contributed by atoms with van der Waals surface area (Å²) in [5.41, 5.74) is 1.43. The molecule has 1 aliphatic rings. The Hall–Kier alpha value is -4.44. The second-order valence-electron chi connectivity index (χ2n) is 8.40. The molecule has 0 atom stereocenters. The molecule has 3 aromatic carbocycles. The van der Waals surface area contributed by atoms with Gasteiger partial charge in [0.15, 0.2) is 0 Å². The highest BCUT2D eigenvalue weighted by molar-refractivity contribution is 8.18. The number of nitrogens with zero attached hydrogens (tertiary/aromatic N) is 2. The molecule has 192 valence electrons. The van der Waals surface area contributed by atoms with E-state index in [2.05, 4.69) is 5.32 Å². The lowest BCUT2D eigenvalue weighted by atomic mass is 10.1. The van der Waals surface area contributed by atoms with E-state index in [-0.39, 0.29) is 10.6 Å². The van der Waals surface area contributed by atoms with Crippen molar-refractivity contribution < 1.29 is 27.9 Å². The summed E-state index contributed by atoms with van der Waals surface area (Å²) in [4.78, 5) is 38.8. The van der Waals surface area contributed by atoms with Gasteiger partial charge in [-0.1, -0.05) is 36.4 Å². The Morgan fingerprint density at radius 2 is 1.76 bits per heavy atom. The first kappa shape index (κ1) is 25.2. The summed E-state index contributed by atoms with van der Waals surface area (Å²) in [6.45, 7) is 0.394. The van der Waals surface area contributed by atoms with Gasteiger partial charge in [-0.05, 0) is 48.2 Å². The highest BCUT2D eigenvalue weighted by Crippen LogP contribution is 2.34. The molecule has 1 fully saturated rings. The number of para-hydroxylation sites is 2. The van der Waals surface area contributed by atoms with E-state index in [0.29, 0.717) is 19.2 Å². The fraction of sp³-hybridized carbons (Fsp3) is 0.107. The lowest BCUT2D eigenvalue weighted by Crippen LogP contribution is -2.36. The van der Waals surface area contributed by atoms with Crippen LogP contribution in [0.25, 0.3) is 17.0 Å². The summed E-state index contributed by atoms with van der Waals surface area (Å²) in [5, 5.41) is 2.54. The van der Waals surface area contributed by atoms with Crippen molar-refractivity contribution in [1.29, 1.82) is 0 Å². The van der Waals surface area contributed by atoms with Crippen LogP contribution in [0, 0.1) is 11.6 Å². The SMILES string of the molecule is O=C(CN1C(=O)S/C(=C\c2cn(CCOc3ccccc3)c3ccccc23)C1=O)Nc1ccc(F)cc1F. The first-order chi connectivity index (χ1) is 18.4. The molecule has 7 nitrogen and oxygen atoms in total. The number of benzene rings is 3. The van der Waals surface area contributed by atoms with E-state index in [1.165, 1.54) is 0 Å². The van der Waals surface area contributed by atoms with Crippen molar-refractivity contribution in [2.75, 3.05) is 18.5 Å². The first-order valence-corrected chi connectivity index (χ1v) is 12.5. The Balaban J connectivity index is 1.30. The fourth-order valence-corrected chi connectivity index (χ4v) is 4.88. The van der Waals surface area contributed by atoms with Gasteiger partial charge in [0.2, 0.25) is 5.91 Å². The third-order valence-corrected chi connectivity index (χ3v) is 6.74. The molecule has 1 aromatic heterocycles. The number of nitrogens with one attached hydrogen (secondary N) is 1. The minimum Gasteiger partial charge on any atom is -0.492 e. The van der Waals surface area contributed by atoms with Crippen molar-refractivity contribution >= 4 is 51.5 Å². The van der Waals surface area contributed by atoms with Gasteiger partial charge < -0.3 is 14.6 Å². The van der Waals surface area contributed by atoms with Crippen LogP contribution in [0.4, 0.5) is 19.3 Å². The molecule has 38 heavy (non-hydrogen) atoms. The van der Waals surface area contributed by atoms with Crippen LogP contribution in [-0.2, 0) is 16.1 Å². The molecular weight excluding hydrogens is 512 g/mol. The maximum Gasteiger partial charge on any atom is 0.294 e. The van der Waals surface area contributed by atoms with Crippen molar-refractivity contribution in [3.05, 3.63) is 101 Å². The number of anilines is 1. The van der Waals surface area contributed by atoms with Crippen molar-refractivity contribution in [2.24, 2.45) is 0 Å². The molecule has 0 radical (unpaired) electrons. The highest BCUT2D eigenvalue weighted by atomic mass is 32.2. The van der Waals surface area contributed by atoms with Crippen LogP contribution in [0.3, 0.4) is 0 Å². The van der Waals surface area contributed by atoms with Gasteiger partial charge in [0.25, 0.3) is 11.1 Å². The standard InChI is InChI=1S/C28H21F2N3O4S/c29-19-10-11-23(22(30)15-19)31-26(34)17-33-27(35)25(38-28(33)36)14-18-16-32(24-9-5-4-8-21(18)24)12-13-37-20-6-2-1-3-7-20/h1-11,14-16H,12-13,17H2,(H,31,34)/b25-14-. The van der Waals surface area contributed by atoms with E-state index < -0.39 is 35.2 Å². The lowest BCUT2D eigenvalue weighted by molar-refractivity contribution is -0.127. The molecule has 0 saturated carbocycles. The summed E-state index contributed by atoms with van der Waals surface area (Å²) in [5.74, 6) is -2.39. The Labute approximate surface area is 220 Å². The molecule has 10 heteroatoms. The Morgan fingerprint density at radius 3 is 2.55 bits per heavy atom. The number of carbonyl (C=O) groups is 3. The van der Waals surface area contributed by atoms with Gasteiger partial charge in [-0.15, -0.1) is 0 Å². The molecular formula is C28H21F2N3O4S. The molecule has 0 unspecified atom stereocenters.